The topological polar surface area (TPSA) is 44.2 Å². The Bertz CT molecular complexity index is 494. The van der Waals surface area contributed by atoms with Gasteiger partial charge in [-0.15, -0.1) is 0 Å². The van der Waals surface area contributed by atoms with Gasteiger partial charge < -0.3 is 9.47 Å². The van der Waals surface area contributed by atoms with Crippen LogP contribution in [0.5, 0.6) is 11.8 Å². The van der Waals surface area contributed by atoms with Crippen LogP contribution in [0, 0.1) is 0 Å². The first-order chi connectivity index (χ1) is 9.85. The first-order valence-corrected chi connectivity index (χ1v) is 7.37. The van der Waals surface area contributed by atoms with Gasteiger partial charge in [0.2, 0.25) is 0 Å². The first kappa shape index (κ1) is 14.6. The number of hydrogen-bond donors (Lipinski definition) is 0. The standard InChI is InChI=1S/C16H22N2O2/c1-3-5-11-19-15-16(20-12-6-4-2)18-14-10-8-7-9-13(14)17-15/h7-10H,3-6,11-12H2,1-2H3. The number of aromatic nitrogens is 2. The highest BCUT2D eigenvalue weighted by atomic mass is 16.5. The van der Waals surface area contributed by atoms with Crippen molar-refractivity contribution in [2.75, 3.05) is 13.2 Å². The molecule has 0 aliphatic carbocycles. The minimum atomic E-state index is 0.508. The van der Waals surface area contributed by atoms with Crippen molar-refractivity contribution in [3.05, 3.63) is 24.3 Å². The van der Waals surface area contributed by atoms with Crippen LogP contribution < -0.4 is 9.47 Å². The molecule has 0 unspecified atom stereocenters. The lowest BCUT2D eigenvalue weighted by Crippen LogP contribution is -2.06. The van der Waals surface area contributed by atoms with Crippen molar-refractivity contribution in [1.29, 1.82) is 0 Å². The molecule has 0 aliphatic rings. The number of rotatable bonds is 8. The number of para-hydroxylation sites is 2. The molecule has 4 nitrogen and oxygen atoms in total. The van der Waals surface area contributed by atoms with Crippen LogP contribution >= 0.6 is 0 Å². The fourth-order valence-corrected chi connectivity index (χ4v) is 1.78. The van der Waals surface area contributed by atoms with E-state index in [1.807, 2.05) is 24.3 Å². The van der Waals surface area contributed by atoms with Gasteiger partial charge in [-0.25, -0.2) is 9.97 Å². The average Bonchev–Trinajstić information content (AvgIpc) is 2.48. The summed E-state index contributed by atoms with van der Waals surface area (Å²) in [7, 11) is 0. The first-order valence-electron chi connectivity index (χ1n) is 7.37. The predicted molar refractivity (Wildman–Crippen MR) is 80.3 cm³/mol. The summed E-state index contributed by atoms with van der Waals surface area (Å²) >= 11 is 0. The van der Waals surface area contributed by atoms with Crippen molar-refractivity contribution < 1.29 is 9.47 Å². The Labute approximate surface area is 120 Å². The van der Waals surface area contributed by atoms with Gasteiger partial charge in [-0.1, -0.05) is 38.8 Å². The number of nitrogens with zero attached hydrogens (tertiary/aromatic N) is 2. The van der Waals surface area contributed by atoms with E-state index in [9.17, 15) is 0 Å². The average molecular weight is 274 g/mol. The fraction of sp³-hybridized carbons (Fsp3) is 0.500. The highest BCUT2D eigenvalue weighted by Gasteiger charge is 2.11. The van der Waals surface area contributed by atoms with Crippen molar-refractivity contribution in [2.24, 2.45) is 0 Å². The molecule has 1 heterocycles. The summed E-state index contributed by atoms with van der Waals surface area (Å²) in [5, 5.41) is 0. The van der Waals surface area contributed by atoms with Gasteiger partial charge >= 0.3 is 0 Å². The van der Waals surface area contributed by atoms with Crippen molar-refractivity contribution >= 4 is 11.0 Å². The van der Waals surface area contributed by atoms with E-state index in [1.165, 1.54) is 0 Å². The molecule has 0 amide bonds. The lowest BCUT2D eigenvalue weighted by atomic mass is 10.3. The largest absolute Gasteiger partial charge is 0.474 e. The van der Waals surface area contributed by atoms with Crippen molar-refractivity contribution in [1.82, 2.24) is 9.97 Å². The van der Waals surface area contributed by atoms with Crippen molar-refractivity contribution in [3.8, 4) is 11.8 Å². The van der Waals surface area contributed by atoms with Crippen LogP contribution in [0.25, 0.3) is 11.0 Å². The molecule has 108 valence electrons. The highest BCUT2D eigenvalue weighted by Crippen LogP contribution is 2.26. The summed E-state index contributed by atoms with van der Waals surface area (Å²) in [4.78, 5) is 9.03. The minimum Gasteiger partial charge on any atom is -0.474 e. The smallest absolute Gasteiger partial charge is 0.278 e. The zero-order valence-electron chi connectivity index (χ0n) is 12.3. The second kappa shape index (κ2) is 7.68. The van der Waals surface area contributed by atoms with E-state index >= 15 is 0 Å². The third kappa shape index (κ3) is 3.83. The Morgan fingerprint density at radius 2 is 1.25 bits per heavy atom. The van der Waals surface area contributed by atoms with Gasteiger partial charge in [0.1, 0.15) is 0 Å². The summed E-state index contributed by atoms with van der Waals surface area (Å²) < 4.78 is 11.4. The summed E-state index contributed by atoms with van der Waals surface area (Å²) in [6.07, 6.45) is 4.19. The molecule has 0 aliphatic heterocycles. The molecule has 0 saturated heterocycles. The normalized spacial score (nSPS) is 10.7. The van der Waals surface area contributed by atoms with Gasteiger partial charge in [0.05, 0.1) is 24.2 Å². The number of fused-ring (bicyclic) bond motifs is 1. The van der Waals surface area contributed by atoms with Crippen LogP contribution in [0.1, 0.15) is 39.5 Å². The number of hydrogen-bond acceptors (Lipinski definition) is 4. The second-order valence-electron chi connectivity index (χ2n) is 4.73. The molecule has 0 spiro atoms. The Morgan fingerprint density at radius 1 is 0.800 bits per heavy atom. The maximum absolute atomic E-state index is 5.72. The van der Waals surface area contributed by atoms with Crippen LogP contribution in [0.2, 0.25) is 0 Å². The summed E-state index contributed by atoms with van der Waals surface area (Å²) in [5.41, 5.74) is 1.67. The second-order valence-corrected chi connectivity index (χ2v) is 4.73. The van der Waals surface area contributed by atoms with Gasteiger partial charge in [-0.2, -0.15) is 0 Å². The summed E-state index contributed by atoms with van der Waals surface area (Å²) in [6, 6.07) is 7.77. The van der Waals surface area contributed by atoms with Gasteiger partial charge in [0.25, 0.3) is 11.8 Å². The predicted octanol–water partition coefficient (Wildman–Crippen LogP) is 3.99. The molecule has 0 saturated carbocycles. The highest BCUT2D eigenvalue weighted by molar-refractivity contribution is 5.75. The van der Waals surface area contributed by atoms with Crippen molar-refractivity contribution in [2.45, 2.75) is 39.5 Å². The molecule has 0 radical (unpaired) electrons. The van der Waals surface area contributed by atoms with E-state index in [0.717, 1.165) is 36.7 Å². The van der Waals surface area contributed by atoms with Crippen LogP contribution in [-0.2, 0) is 0 Å². The molecular formula is C16H22N2O2. The molecular weight excluding hydrogens is 252 g/mol. The molecule has 2 rings (SSSR count). The summed E-state index contributed by atoms with van der Waals surface area (Å²) in [5.74, 6) is 1.02. The van der Waals surface area contributed by atoms with Crippen LogP contribution in [0.3, 0.4) is 0 Å². The molecule has 20 heavy (non-hydrogen) atoms. The maximum atomic E-state index is 5.72. The lowest BCUT2D eigenvalue weighted by molar-refractivity contribution is 0.247. The van der Waals surface area contributed by atoms with Crippen LogP contribution in [0.4, 0.5) is 0 Å². The molecule has 1 aromatic heterocycles. The molecule has 0 fully saturated rings. The Kier molecular flexibility index (Phi) is 5.59. The van der Waals surface area contributed by atoms with Crippen LogP contribution in [-0.4, -0.2) is 23.2 Å². The molecule has 2 aromatic rings. The molecule has 0 atom stereocenters. The lowest BCUT2D eigenvalue weighted by Gasteiger charge is -2.11. The van der Waals surface area contributed by atoms with E-state index in [-0.39, 0.29) is 0 Å². The van der Waals surface area contributed by atoms with E-state index in [1.54, 1.807) is 0 Å². The zero-order chi connectivity index (χ0) is 14.2. The van der Waals surface area contributed by atoms with Crippen LogP contribution in [0.15, 0.2) is 24.3 Å². The third-order valence-electron chi connectivity index (χ3n) is 2.98. The minimum absolute atomic E-state index is 0.508. The van der Waals surface area contributed by atoms with E-state index in [0.29, 0.717) is 25.0 Å². The number of benzene rings is 1. The Morgan fingerprint density at radius 3 is 1.65 bits per heavy atom. The fourth-order valence-electron chi connectivity index (χ4n) is 1.78. The van der Waals surface area contributed by atoms with Gasteiger partial charge in [-0.05, 0) is 25.0 Å². The SMILES string of the molecule is CCCCOc1nc2ccccc2nc1OCCCC. The van der Waals surface area contributed by atoms with Crippen molar-refractivity contribution in [3.63, 3.8) is 0 Å². The van der Waals surface area contributed by atoms with E-state index < -0.39 is 0 Å². The maximum Gasteiger partial charge on any atom is 0.278 e. The van der Waals surface area contributed by atoms with E-state index in [2.05, 4.69) is 23.8 Å². The Hall–Kier alpha value is -1.84. The zero-order valence-corrected chi connectivity index (χ0v) is 12.3. The van der Waals surface area contributed by atoms with Gasteiger partial charge in [0, 0.05) is 0 Å². The summed E-state index contributed by atoms with van der Waals surface area (Å²) in [6.45, 7) is 5.56. The number of ether oxygens (including phenoxy) is 2. The Balaban J connectivity index is 2.21. The van der Waals surface area contributed by atoms with Gasteiger partial charge in [0.15, 0.2) is 0 Å². The monoisotopic (exact) mass is 274 g/mol. The van der Waals surface area contributed by atoms with E-state index in [4.69, 9.17) is 9.47 Å². The molecule has 0 bridgehead atoms. The quantitative estimate of drug-likeness (QED) is 0.683. The molecule has 0 N–H and O–H groups in total. The van der Waals surface area contributed by atoms with Gasteiger partial charge in [-0.3, -0.25) is 0 Å². The molecule has 1 aromatic carbocycles. The number of unbranched alkanes of at least 4 members (excludes halogenated alkanes) is 2. The third-order valence-corrected chi connectivity index (χ3v) is 2.98. The molecule has 4 heteroatoms.